The number of thiazole rings is 1. The molecule has 2 aromatic rings. The molecule has 0 unspecified atom stereocenters. The molecule has 5 nitrogen and oxygen atoms in total. The van der Waals surface area contributed by atoms with Crippen LogP contribution in [0.3, 0.4) is 0 Å². The predicted molar refractivity (Wildman–Crippen MR) is 90.9 cm³/mol. The second kappa shape index (κ2) is 6.47. The zero-order chi connectivity index (χ0) is 16.4. The Morgan fingerprint density at radius 1 is 1.35 bits per heavy atom. The largest absolute Gasteiger partial charge is 0.427 e. The molecule has 0 spiro atoms. The molecule has 0 aliphatic carbocycles. The van der Waals surface area contributed by atoms with Crippen molar-refractivity contribution in [2.75, 3.05) is 0 Å². The van der Waals surface area contributed by atoms with Crippen LogP contribution in [0.1, 0.15) is 23.4 Å². The van der Waals surface area contributed by atoms with Crippen LogP contribution in [0.4, 0.5) is 0 Å². The van der Waals surface area contributed by atoms with Crippen LogP contribution in [-0.2, 0) is 9.59 Å². The van der Waals surface area contributed by atoms with Gasteiger partial charge in [0.1, 0.15) is 16.7 Å². The molecule has 1 aliphatic heterocycles. The summed E-state index contributed by atoms with van der Waals surface area (Å²) in [5.41, 5.74) is 0.810. The van der Waals surface area contributed by atoms with Gasteiger partial charge < -0.3 is 4.74 Å². The number of hydrogen-bond acceptors (Lipinski definition) is 7. The summed E-state index contributed by atoms with van der Waals surface area (Å²) in [6, 6.07) is 6.86. The van der Waals surface area contributed by atoms with Crippen molar-refractivity contribution in [1.29, 1.82) is 5.41 Å². The third kappa shape index (κ3) is 3.40. The molecule has 1 atom stereocenters. The summed E-state index contributed by atoms with van der Waals surface area (Å²) >= 11 is 2.55. The van der Waals surface area contributed by atoms with Crippen LogP contribution in [0.2, 0.25) is 0 Å². The highest BCUT2D eigenvalue weighted by atomic mass is 32.2. The number of nitrogens with one attached hydrogen (secondary N) is 1. The smallest absolute Gasteiger partial charge is 0.308 e. The van der Waals surface area contributed by atoms with Crippen LogP contribution >= 0.6 is 23.1 Å². The molecule has 7 heteroatoms. The van der Waals surface area contributed by atoms with Gasteiger partial charge in [-0.15, -0.1) is 11.3 Å². The standard InChI is InChI=1S/C16H12N2O3S2/c1-9(19)21-11-4-2-10(3-5-11)8-12-14(20)13(15(17)23-12)16-18-6-7-22-16/h2-8,13,17H,1H3/b12-8-,17-15?/t13-/m1/s1. The van der Waals surface area contributed by atoms with Gasteiger partial charge in [0.25, 0.3) is 0 Å². The number of Topliss-reactive ketones (excluding diaryl/α,β-unsaturated/α-hetero) is 1. The van der Waals surface area contributed by atoms with Crippen LogP contribution in [-0.4, -0.2) is 21.8 Å². The number of carbonyl (C=O) groups is 2. The summed E-state index contributed by atoms with van der Waals surface area (Å²) in [4.78, 5) is 28.1. The number of carbonyl (C=O) groups excluding carboxylic acids is 2. The topological polar surface area (TPSA) is 80.1 Å². The minimum atomic E-state index is -0.577. The van der Waals surface area contributed by atoms with Crippen LogP contribution in [0, 0.1) is 5.41 Å². The average Bonchev–Trinajstić information content (AvgIpc) is 3.10. The molecule has 1 saturated heterocycles. The molecule has 116 valence electrons. The van der Waals surface area contributed by atoms with E-state index in [1.165, 1.54) is 30.0 Å². The van der Waals surface area contributed by atoms with E-state index in [2.05, 4.69) is 4.98 Å². The van der Waals surface area contributed by atoms with Crippen molar-refractivity contribution < 1.29 is 14.3 Å². The highest BCUT2D eigenvalue weighted by Gasteiger charge is 2.38. The third-order valence-electron chi connectivity index (χ3n) is 3.12. The molecule has 1 aromatic carbocycles. The number of benzene rings is 1. The Labute approximate surface area is 140 Å². The van der Waals surface area contributed by atoms with Gasteiger partial charge >= 0.3 is 5.97 Å². The van der Waals surface area contributed by atoms with Gasteiger partial charge in [0.15, 0.2) is 5.78 Å². The number of allylic oxidation sites excluding steroid dienone is 1. The van der Waals surface area contributed by atoms with E-state index in [1.54, 1.807) is 41.9 Å². The van der Waals surface area contributed by atoms with Gasteiger partial charge in [-0.3, -0.25) is 15.0 Å². The molecule has 2 heterocycles. The summed E-state index contributed by atoms with van der Waals surface area (Å²) < 4.78 is 4.97. The molecule has 0 radical (unpaired) electrons. The number of aromatic nitrogens is 1. The first-order valence-corrected chi connectivity index (χ1v) is 8.44. The molecule has 0 amide bonds. The van der Waals surface area contributed by atoms with Crippen LogP contribution in [0.25, 0.3) is 6.08 Å². The lowest BCUT2D eigenvalue weighted by molar-refractivity contribution is -0.131. The van der Waals surface area contributed by atoms with E-state index in [9.17, 15) is 9.59 Å². The van der Waals surface area contributed by atoms with Crippen molar-refractivity contribution in [1.82, 2.24) is 4.98 Å². The number of ether oxygens (including phenoxy) is 1. The summed E-state index contributed by atoms with van der Waals surface area (Å²) in [6.07, 6.45) is 3.38. The lowest BCUT2D eigenvalue weighted by Crippen LogP contribution is -2.11. The van der Waals surface area contributed by atoms with E-state index in [-0.39, 0.29) is 11.8 Å². The third-order valence-corrected chi connectivity index (χ3v) is 4.96. The molecule has 0 saturated carbocycles. The summed E-state index contributed by atoms with van der Waals surface area (Å²) in [5, 5.41) is 10.8. The molecule has 1 aliphatic rings. The molecule has 3 rings (SSSR count). The second-order valence-corrected chi connectivity index (χ2v) is 6.82. The second-order valence-electron chi connectivity index (χ2n) is 4.81. The van der Waals surface area contributed by atoms with E-state index in [4.69, 9.17) is 10.1 Å². The average molecular weight is 344 g/mol. The fourth-order valence-electron chi connectivity index (χ4n) is 2.14. The monoisotopic (exact) mass is 344 g/mol. The van der Waals surface area contributed by atoms with Crippen LogP contribution in [0.5, 0.6) is 5.75 Å². The van der Waals surface area contributed by atoms with E-state index < -0.39 is 5.92 Å². The Hall–Kier alpha value is -2.25. The zero-order valence-corrected chi connectivity index (χ0v) is 13.7. The van der Waals surface area contributed by atoms with Crippen molar-refractivity contribution in [3.63, 3.8) is 0 Å². The zero-order valence-electron chi connectivity index (χ0n) is 12.1. The lowest BCUT2D eigenvalue weighted by atomic mass is 10.1. The van der Waals surface area contributed by atoms with Crippen molar-refractivity contribution in [2.45, 2.75) is 12.8 Å². The summed E-state index contributed by atoms with van der Waals surface area (Å²) in [6.45, 7) is 1.34. The first-order valence-electron chi connectivity index (χ1n) is 6.74. The van der Waals surface area contributed by atoms with Crippen LogP contribution < -0.4 is 4.74 Å². The highest BCUT2D eigenvalue weighted by molar-refractivity contribution is 8.19. The normalized spacial score (nSPS) is 19.3. The molecule has 23 heavy (non-hydrogen) atoms. The number of rotatable bonds is 3. The van der Waals surface area contributed by atoms with Gasteiger partial charge in [-0.2, -0.15) is 0 Å². The number of thioether (sulfide) groups is 1. The van der Waals surface area contributed by atoms with E-state index in [0.717, 1.165) is 5.56 Å². The van der Waals surface area contributed by atoms with Crippen molar-refractivity contribution in [3.05, 3.63) is 51.3 Å². The Bertz CT molecular complexity index is 795. The molecule has 1 aromatic heterocycles. The van der Waals surface area contributed by atoms with Gasteiger partial charge in [-0.05, 0) is 23.8 Å². The molecular formula is C16H12N2O3S2. The first-order chi connectivity index (χ1) is 11.0. The van der Waals surface area contributed by atoms with Gasteiger partial charge in [-0.25, -0.2) is 4.98 Å². The molecule has 0 bridgehead atoms. The Morgan fingerprint density at radius 2 is 2.09 bits per heavy atom. The van der Waals surface area contributed by atoms with E-state index in [1.807, 2.05) is 0 Å². The fraction of sp³-hybridized carbons (Fsp3) is 0.125. The van der Waals surface area contributed by atoms with Gasteiger partial charge in [0, 0.05) is 18.5 Å². The summed E-state index contributed by atoms with van der Waals surface area (Å²) in [7, 11) is 0. The highest BCUT2D eigenvalue weighted by Crippen LogP contribution is 2.41. The van der Waals surface area contributed by atoms with Crippen molar-refractivity contribution in [2.24, 2.45) is 0 Å². The van der Waals surface area contributed by atoms with E-state index in [0.29, 0.717) is 20.7 Å². The van der Waals surface area contributed by atoms with Gasteiger partial charge in [-0.1, -0.05) is 23.9 Å². The lowest BCUT2D eigenvalue weighted by Gasteiger charge is -2.02. The first kappa shape index (κ1) is 15.6. The maximum atomic E-state index is 12.5. The van der Waals surface area contributed by atoms with E-state index >= 15 is 0 Å². The quantitative estimate of drug-likeness (QED) is 0.524. The fourth-order valence-corrected chi connectivity index (χ4v) is 3.95. The molecular weight excluding hydrogens is 332 g/mol. The predicted octanol–water partition coefficient (Wildman–Crippen LogP) is 3.49. The number of esters is 1. The van der Waals surface area contributed by atoms with Crippen molar-refractivity contribution >= 4 is 46.0 Å². The summed E-state index contributed by atoms with van der Waals surface area (Å²) in [5.74, 6) is -0.596. The number of nitrogens with zero attached hydrogens (tertiary/aromatic N) is 1. The Morgan fingerprint density at radius 3 is 2.70 bits per heavy atom. The maximum absolute atomic E-state index is 12.5. The van der Waals surface area contributed by atoms with Crippen molar-refractivity contribution in [3.8, 4) is 5.75 Å². The SMILES string of the molecule is CC(=O)Oc1ccc(/C=C2\SC(=N)[C@H](c3nccs3)C2=O)cc1. The van der Waals surface area contributed by atoms with Gasteiger partial charge in [0.05, 0.1) is 9.95 Å². The molecule has 1 N–H and O–H groups in total. The Kier molecular flexibility index (Phi) is 4.40. The van der Waals surface area contributed by atoms with Gasteiger partial charge in [0.2, 0.25) is 0 Å². The minimum Gasteiger partial charge on any atom is -0.427 e. The maximum Gasteiger partial charge on any atom is 0.308 e. The molecule has 1 fully saturated rings. The minimum absolute atomic E-state index is 0.0981. The Balaban J connectivity index is 1.82. The number of ketones is 1. The number of hydrogen-bond donors (Lipinski definition) is 1. The van der Waals surface area contributed by atoms with Crippen LogP contribution in [0.15, 0.2) is 40.7 Å².